The summed E-state index contributed by atoms with van der Waals surface area (Å²) in [5.74, 6) is -0.382. The van der Waals surface area contributed by atoms with Crippen molar-refractivity contribution in [2.75, 3.05) is 36.4 Å². The molecule has 2 aromatic heterocycles. The van der Waals surface area contributed by atoms with E-state index in [1.807, 2.05) is 39.5 Å². The highest BCUT2D eigenvalue weighted by Gasteiger charge is 2.28. The van der Waals surface area contributed by atoms with E-state index < -0.39 is 16.4 Å². The van der Waals surface area contributed by atoms with Crippen LogP contribution in [0.25, 0.3) is 5.65 Å². The number of fused-ring (bicyclic) bond motifs is 1. The molecule has 1 aliphatic heterocycles. The van der Waals surface area contributed by atoms with Gasteiger partial charge in [0.1, 0.15) is 11.2 Å². The summed E-state index contributed by atoms with van der Waals surface area (Å²) in [6.07, 6.45) is 1.36. The van der Waals surface area contributed by atoms with Crippen molar-refractivity contribution in [1.29, 1.82) is 0 Å². The lowest BCUT2D eigenvalue weighted by atomic mass is 10.1. The molecular weight excluding hydrogens is 466 g/mol. The SMILES string of the molecule is Cc1cn2nc(NC(=O)c3cc(N4CCN(C(=O)OC(C)(C)C)CC4)ccc3[N+](=O)[O-])cc(C)c2n1. The molecule has 12 heteroatoms. The van der Waals surface area contributed by atoms with Crippen LogP contribution in [0.5, 0.6) is 0 Å². The molecule has 0 spiro atoms. The van der Waals surface area contributed by atoms with E-state index in [-0.39, 0.29) is 23.2 Å². The maximum Gasteiger partial charge on any atom is 0.410 e. The molecule has 0 radical (unpaired) electrons. The van der Waals surface area contributed by atoms with Crippen LogP contribution >= 0.6 is 0 Å². The molecule has 1 aliphatic rings. The van der Waals surface area contributed by atoms with E-state index in [4.69, 9.17) is 4.74 Å². The average molecular weight is 496 g/mol. The normalized spacial score (nSPS) is 14.1. The Morgan fingerprint density at radius 3 is 2.44 bits per heavy atom. The van der Waals surface area contributed by atoms with Gasteiger partial charge in [-0.1, -0.05) is 0 Å². The van der Waals surface area contributed by atoms with E-state index in [0.717, 1.165) is 11.3 Å². The molecule has 2 amide bonds. The maximum absolute atomic E-state index is 13.1. The Kier molecular flexibility index (Phi) is 6.53. The van der Waals surface area contributed by atoms with Gasteiger partial charge in [0.05, 0.1) is 16.8 Å². The van der Waals surface area contributed by atoms with Crippen LogP contribution in [0.4, 0.5) is 22.0 Å². The van der Waals surface area contributed by atoms with E-state index >= 15 is 0 Å². The standard InChI is InChI=1S/C24H29N7O5/c1-15-12-20(27-30-14-16(2)25-21(15)30)26-22(32)18-13-17(6-7-19(18)31(34)35)28-8-10-29(11-9-28)23(33)36-24(3,4)5/h6-7,12-14H,8-11H2,1-5H3,(H,26,27,32). The molecule has 0 aliphatic carbocycles. The minimum atomic E-state index is -0.640. The predicted molar refractivity (Wildman–Crippen MR) is 134 cm³/mol. The summed E-state index contributed by atoms with van der Waals surface area (Å²) in [5, 5.41) is 18.7. The molecule has 3 aromatic rings. The Balaban J connectivity index is 1.53. The lowest BCUT2D eigenvalue weighted by Gasteiger charge is -2.36. The zero-order valence-corrected chi connectivity index (χ0v) is 20.9. The number of carbonyl (C=O) groups excluding carboxylic acids is 2. The summed E-state index contributed by atoms with van der Waals surface area (Å²) < 4.78 is 7.00. The number of hydrogen-bond donors (Lipinski definition) is 1. The molecule has 3 heterocycles. The number of piperazine rings is 1. The second-order valence-electron chi connectivity index (χ2n) is 9.73. The number of nitro groups is 1. The van der Waals surface area contributed by atoms with Crippen molar-refractivity contribution in [3.63, 3.8) is 0 Å². The van der Waals surface area contributed by atoms with Crippen LogP contribution < -0.4 is 10.2 Å². The van der Waals surface area contributed by atoms with Gasteiger partial charge in [-0.25, -0.2) is 14.3 Å². The van der Waals surface area contributed by atoms with Crippen molar-refractivity contribution in [2.45, 2.75) is 40.2 Å². The molecule has 0 atom stereocenters. The number of carbonyl (C=O) groups is 2. The molecule has 1 fully saturated rings. The van der Waals surface area contributed by atoms with Crippen molar-refractivity contribution in [1.82, 2.24) is 19.5 Å². The Morgan fingerprint density at radius 2 is 1.81 bits per heavy atom. The van der Waals surface area contributed by atoms with Crippen LogP contribution in [0.3, 0.4) is 0 Å². The van der Waals surface area contributed by atoms with Crippen LogP contribution in [0.2, 0.25) is 0 Å². The molecule has 190 valence electrons. The van der Waals surface area contributed by atoms with Gasteiger partial charge in [-0.15, -0.1) is 5.10 Å². The molecule has 36 heavy (non-hydrogen) atoms. The molecule has 4 rings (SSSR count). The summed E-state index contributed by atoms with van der Waals surface area (Å²) in [7, 11) is 0. The fourth-order valence-corrected chi connectivity index (χ4v) is 4.03. The molecule has 0 unspecified atom stereocenters. The zero-order chi connectivity index (χ0) is 26.2. The minimum absolute atomic E-state index is 0.0755. The highest BCUT2D eigenvalue weighted by atomic mass is 16.6. The molecule has 1 N–H and O–H groups in total. The van der Waals surface area contributed by atoms with Crippen LogP contribution in [-0.4, -0.2) is 68.2 Å². The van der Waals surface area contributed by atoms with Gasteiger partial charge in [0, 0.05) is 37.9 Å². The first-order valence-electron chi connectivity index (χ1n) is 11.6. The Bertz CT molecular complexity index is 1340. The third-order valence-corrected chi connectivity index (χ3v) is 5.69. The first-order chi connectivity index (χ1) is 16.9. The number of aromatic nitrogens is 3. The van der Waals surface area contributed by atoms with Crippen LogP contribution in [0, 0.1) is 24.0 Å². The van der Waals surface area contributed by atoms with Crippen molar-refractivity contribution in [2.24, 2.45) is 0 Å². The van der Waals surface area contributed by atoms with Crippen molar-refractivity contribution in [3.8, 4) is 0 Å². The summed E-state index contributed by atoms with van der Waals surface area (Å²) in [6, 6.07) is 6.11. The molecule has 1 aromatic carbocycles. The lowest BCUT2D eigenvalue weighted by Crippen LogP contribution is -2.50. The molecule has 1 saturated heterocycles. The van der Waals surface area contributed by atoms with E-state index in [2.05, 4.69) is 15.4 Å². The third-order valence-electron chi connectivity index (χ3n) is 5.69. The van der Waals surface area contributed by atoms with Gasteiger partial charge in [-0.2, -0.15) is 0 Å². The van der Waals surface area contributed by atoms with E-state index in [1.54, 1.807) is 27.7 Å². The molecular formula is C24H29N7O5. The first kappa shape index (κ1) is 24.9. The van der Waals surface area contributed by atoms with Crippen molar-refractivity contribution >= 4 is 34.8 Å². The van der Waals surface area contributed by atoms with Crippen molar-refractivity contribution < 1.29 is 19.2 Å². The number of hydrogen-bond acceptors (Lipinski definition) is 8. The highest BCUT2D eigenvalue weighted by molar-refractivity contribution is 6.07. The third kappa shape index (κ3) is 5.37. The van der Waals surface area contributed by atoms with Gasteiger partial charge < -0.3 is 19.9 Å². The zero-order valence-electron chi connectivity index (χ0n) is 20.9. The summed E-state index contributed by atoms with van der Waals surface area (Å²) in [5.41, 5.74) is 1.95. The molecule has 0 bridgehead atoms. The number of ether oxygens (including phenoxy) is 1. The minimum Gasteiger partial charge on any atom is -0.444 e. The van der Waals surface area contributed by atoms with Gasteiger partial charge in [-0.05, 0) is 58.4 Å². The van der Waals surface area contributed by atoms with E-state index in [9.17, 15) is 19.7 Å². The monoisotopic (exact) mass is 495 g/mol. The van der Waals surface area contributed by atoms with Crippen LogP contribution in [0.15, 0.2) is 30.5 Å². The first-order valence-corrected chi connectivity index (χ1v) is 11.6. The fraction of sp³-hybridized carbons (Fsp3) is 0.417. The predicted octanol–water partition coefficient (Wildman–Crippen LogP) is 3.56. The van der Waals surface area contributed by atoms with Gasteiger partial charge >= 0.3 is 6.09 Å². The number of nitro benzene ring substituents is 1. The number of rotatable bonds is 4. The van der Waals surface area contributed by atoms with Crippen LogP contribution in [0.1, 0.15) is 42.4 Å². The fourth-order valence-electron chi connectivity index (χ4n) is 4.03. The average Bonchev–Trinajstić information content (AvgIpc) is 3.18. The largest absolute Gasteiger partial charge is 0.444 e. The number of aryl methyl sites for hydroxylation is 2. The number of imidazole rings is 1. The van der Waals surface area contributed by atoms with E-state index in [1.165, 1.54) is 12.1 Å². The van der Waals surface area contributed by atoms with E-state index in [0.29, 0.717) is 37.5 Å². The lowest BCUT2D eigenvalue weighted by molar-refractivity contribution is -0.385. The second kappa shape index (κ2) is 9.44. The number of nitrogens with zero attached hydrogens (tertiary/aromatic N) is 6. The Morgan fingerprint density at radius 1 is 1.11 bits per heavy atom. The summed E-state index contributed by atoms with van der Waals surface area (Å²) in [6.45, 7) is 11.0. The van der Waals surface area contributed by atoms with Crippen molar-refractivity contribution in [3.05, 3.63) is 57.4 Å². The molecule has 12 nitrogen and oxygen atoms in total. The molecule has 0 saturated carbocycles. The van der Waals surface area contributed by atoms with Crippen LogP contribution in [-0.2, 0) is 4.74 Å². The smallest absolute Gasteiger partial charge is 0.410 e. The number of amides is 2. The summed E-state index contributed by atoms with van der Waals surface area (Å²) >= 11 is 0. The highest BCUT2D eigenvalue weighted by Crippen LogP contribution is 2.27. The van der Waals surface area contributed by atoms with Gasteiger partial charge in [0.2, 0.25) is 0 Å². The Hall–Kier alpha value is -4.22. The summed E-state index contributed by atoms with van der Waals surface area (Å²) in [4.78, 5) is 44.5. The topological polar surface area (TPSA) is 135 Å². The number of nitrogens with one attached hydrogen (secondary N) is 1. The Labute approximate surface area is 208 Å². The van der Waals surface area contributed by atoms with Gasteiger partial charge in [0.25, 0.3) is 11.6 Å². The van der Waals surface area contributed by atoms with Gasteiger partial charge in [0.15, 0.2) is 11.5 Å². The second-order valence-corrected chi connectivity index (χ2v) is 9.73. The quantitative estimate of drug-likeness (QED) is 0.429. The number of benzene rings is 1. The van der Waals surface area contributed by atoms with Gasteiger partial charge in [-0.3, -0.25) is 14.9 Å². The maximum atomic E-state index is 13.1. The number of anilines is 2.